The second-order valence-electron chi connectivity index (χ2n) is 6.77. The van der Waals surface area contributed by atoms with Crippen molar-refractivity contribution in [2.75, 3.05) is 7.05 Å². The molecule has 0 bridgehead atoms. The average Bonchev–Trinajstić information content (AvgIpc) is 2.76. The fraction of sp³-hybridized carbons (Fsp3) is 0.217. The number of hydrogen-bond acceptors (Lipinski definition) is 4. The van der Waals surface area contributed by atoms with Crippen molar-refractivity contribution in [2.24, 2.45) is 0 Å². The normalized spacial score (nSPS) is 10.5. The summed E-state index contributed by atoms with van der Waals surface area (Å²) in [5, 5.41) is 2.47. The average molecular weight is 389 g/mol. The third-order valence-corrected chi connectivity index (χ3v) is 4.69. The van der Waals surface area contributed by atoms with E-state index in [1.807, 2.05) is 42.5 Å². The summed E-state index contributed by atoms with van der Waals surface area (Å²) in [6.45, 7) is 0.293. The molecule has 6 heteroatoms. The molecule has 3 aromatic rings. The quantitative estimate of drug-likeness (QED) is 0.601. The smallest absolute Gasteiger partial charge is 0.263 e. The van der Waals surface area contributed by atoms with E-state index in [1.165, 1.54) is 17.7 Å². The van der Waals surface area contributed by atoms with Crippen molar-refractivity contribution < 1.29 is 9.59 Å². The second kappa shape index (κ2) is 9.59. The fourth-order valence-corrected chi connectivity index (χ4v) is 3.13. The first kappa shape index (κ1) is 20.2. The van der Waals surface area contributed by atoms with Crippen LogP contribution < -0.4 is 10.9 Å². The highest BCUT2D eigenvalue weighted by Gasteiger charge is 2.17. The summed E-state index contributed by atoms with van der Waals surface area (Å²) in [6.07, 6.45) is 6.78. The highest BCUT2D eigenvalue weighted by molar-refractivity contribution is 6.00. The molecule has 0 radical (unpaired) electrons. The lowest BCUT2D eigenvalue weighted by atomic mass is 10.0. The number of nitrogens with one attached hydrogen (secondary N) is 1. The zero-order chi connectivity index (χ0) is 20.6. The maximum absolute atomic E-state index is 12.8. The third kappa shape index (κ3) is 5.25. The van der Waals surface area contributed by atoms with E-state index in [0.717, 1.165) is 17.5 Å². The number of Topliss-reactive ketones (excluding diaryl/α,β-unsaturated/α-hetero) is 1. The number of aryl methyl sites for hydroxylation is 1. The lowest BCUT2D eigenvalue weighted by molar-refractivity contribution is 0.0961. The number of hydrogen-bond donors (Lipinski definition) is 1. The maximum Gasteiger partial charge on any atom is 0.263 e. The van der Waals surface area contributed by atoms with Gasteiger partial charge in [-0.25, -0.2) is 0 Å². The van der Waals surface area contributed by atoms with Gasteiger partial charge in [0, 0.05) is 37.6 Å². The van der Waals surface area contributed by atoms with Crippen LogP contribution in [0, 0.1) is 0 Å². The number of nitrogens with zero attached hydrogens (tertiary/aromatic N) is 2. The van der Waals surface area contributed by atoms with E-state index in [-0.39, 0.29) is 11.3 Å². The molecule has 1 amide bonds. The number of amides is 1. The van der Waals surface area contributed by atoms with Crippen LogP contribution in [0.4, 0.5) is 0 Å². The number of carbonyl (C=O) groups excluding carboxylic acids is 2. The first-order valence-electron chi connectivity index (χ1n) is 9.51. The van der Waals surface area contributed by atoms with Crippen molar-refractivity contribution in [3.63, 3.8) is 0 Å². The van der Waals surface area contributed by atoms with Gasteiger partial charge in [-0.15, -0.1) is 0 Å². The molecule has 0 saturated heterocycles. The summed E-state index contributed by atoms with van der Waals surface area (Å²) in [6, 6.07) is 14.7. The zero-order valence-corrected chi connectivity index (χ0v) is 16.3. The van der Waals surface area contributed by atoms with Gasteiger partial charge in [-0.1, -0.05) is 30.3 Å². The topological polar surface area (TPSA) is 81.1 Å². The highest BCUT2D eigenvalue weighted by Crippen LogP contribution is 2.11. The first-order chi connectivity index (χ1) is 14.1. The van der Waals surface area contributed by atoms with E-state index in [9.17, 15) is 14.4 Å². The van der Waals surface area contributed by atoms with Gasteiger partial charge in [-0.3, -0.25) is 19.4 Å². The number of ketones is 1. The van der Waals surface area contributed by atoms with Gasteiger partial charge >= 0.3 is 0 Å². The molecule has 0 aliphatic rings. The number of pyridine rings is 2. The summed E-state index contributed by atoms with van der Waals surface area (Å²) in [5.41, 5.74) is 1.96. The summed E-state index contributed by atoms with van der Waals surface area (Å²) >= 11 is 0. The molecule has 0 aliphatic carbocycles. The Bertz CT molecular complexity index is 1040. The summed E-state index contributed by atoms with van der Waals surface area (Å²) in [7, 11) is 1.46. The minimum absolute atomic E-state index is 0.0246. The Kier molecular flexibility index (Phi) is 6.68. The van der Waals surface area contributed by atoms with Crippen LogP contribution in [0.5, 0.6) is 0 Å². The molecule has 0 saturated carbocycles. The molecule has 0 spiro atoms. The molecule has 1 N–H and O–H groups in total. The van der Waals surface area contributed by atoms with Crippen LogP contribution in [0.25, 0.3) is 0 Å². The summed E-state index contributed by atoms with van der Waals surface area (Å²) in [4.78, 5) is 41.6. The summed E-state index contributed by atoms with van der Waals surface area (Å²) < 4.78 is 1.43. The van der Waals surface area contributed by atoms with Gasteiger partial charge in [0.15, 0.2) is 5.78 Å². The van der Waals surface area contributed by atoms with Crippen molar-refractivity contribution in [3.05, 3.63) is 99.7 Å². The number of benzene rings is 1. The third-order valence-electron chi connectivity index (χ3n) is 4.69. The molecule has 2 heterocycles. The van der Waals surface area contributed by atoms with Crippen LogP contribution in [-0.2, 0) is 13.0 Å². The van der Waals surface area contributed by atoms with Crippen molar-refractivity contribution >= 4 is 11.7 Å². The van der Waals surface area contributed by atoms with Crippen LogP contribution in [0.2, 0.25) is 0 Å². The van der Waals surface area contributed by atoms with Crippen molar-refractivity contribution in [1.82, 2.24) is 14.9 Å². The van der Waals surface area contributed by atoms with E-state index in [0.29, 0.717) is 24.9 Å². The molecule has 0 atom stereocenters. The molecule has 0 aliphatic heterocycles. The standard InChI is InChI=1S/C23H23N3O3/c1-24-22(28)20-14-19(21(27)9-5-8-17-10-12-25-13-11-17)16-26(23(20)29)15-18-6-3-2-4-7-18/h2-4,6-7,10-14,16H,5,8-9,15H2,1H3,(H,24,28). The zero-order valence-electron chi connectivity index (χ0n) is 16.3. The van der Waals surface area contributed by atoms with Crippen LogP contribution >= 0.6 is 0 Å². The van der Waals surface area contributed by atoms with E-state index >= 15 is 0 Å². The Morgan fingerprint density at radius 3 is 2.45 bits per heavy atom. The van der Waals surface area contributed by atoms with E-state index in [2.05, 4.69) is 10.3 Å². The van der Waals surface area contributed by atoms with Crippen LogP contribution in [0.1, 0.15) is 44.7 Å². The Hall–Kier alpha value is -3.54. The van der Waals surface area contributed by atoms with Crippen molar-refractivity contribution in [1.29, 1.82) is 0 Å². The fourth-order valence-electron chi connectivity index (χ4n) is 3.13. The predicted molar refractivity (Wildman–Crippen MR) is 111 cm³/mol. The van der Waals surface area contributed by atoms with Gasteiger partial charge in [0.1, 0.15) is 5.56 Å². The van der Waals surface area contributed by atoms with Gasteiger partial charge in [-0.2, -0.15) is 0 Å². The second-order valence-corrected chi connectivity index (χ2v) is 6.77. The van der Waals surface area contributed by atoms with Gasteiger partial charge < -0.3 is 9.88 Å². The lowest BCUT2D eigenvalue weighted by Gasteiger charge is -2.11. The molecule has 148 valence electrons. The minimum Gasteiger partial charge on any atom is -0.355 e. The number of aromatic nitrogens is 2. The van der Waals surface area contributed by atoms with Gasteiger partial charge in [0.2, 0.25) is 0 Å². The van der Waals surface area contributed by atoms with Crippen LogP contribution in [0.3, 0.4) is 0 Å². The molecule has 6 nitrogen and oxygen atoms in total. The molecular weight excluding hydrogens is 366 g/mol. The molecule has 2 aromatic heterocycles. The largest absolute Gasteiger partial charge is 0.355 e. The van der Waals surface area contributed by atoms with Gasteiger partial charge in [-0.05, 0) is 42.2 Å². The van der Waals surface area contributed by atoms with E-state index in [1.54, 1.807) is 18.6 Å². The molecule has 1 aromatic carbocycles. The first-order valence-corrected chi connectivity index (χ1v) is 9.51. The van der Waals surface area contributed by atoms with Crippen LogP contribution in [-0.4, -0.2) is 28.3 Å². The minimum atomic E-state index is -0.497. The Morgan fingerprint density at radius 1 is 1.03 bits per heavy atom. The van der Waals surface area contributed by atoms with Gasteiger partial charge in [0.05, 0.1) is 6.54 Å². The lowest BCUT2D eigenvalue weighted by Crippen LogP contribution is -2.32. The SMILES string of the molecule is CNC(=O)c1cc(C(=O)CCCc2ccncc2)cn(Cc2ccccc2)c1=O. The van der Waals surface area contributed by atoms with E-state index in [4.69, 9.17) is 0 Å². The summed E-state index contributed by atoms with van der Waals surface area (Å²) in [5.74, 6) is -0.589. The predicted octanol–water partition coefficient (Wildman–Crippen LogP) is 2.86. The highest BCUT2D eigenvalue weighted by atomic mass is 16.2. The Balaban J connectivity index is 1.82. The monoisotopic (exact) mass is 389 g/mol. The maximum atomic E-state index is 12.8. The number of carbonyl (C=O) groups is 2. The van der Waals surface area contributed by atoms with Crippen molar-refractivity contribution in [2.45, 2.75) is 25.8 Å². The Labute approximate surface area is 169 Å². The van der Waals surface area contributed by atoms with Crippen molar-refractivity contribution in [3.8, 4) is 0 Å². The van der Waals surface area contributed by atoms with Gasteiger partial charge in [0.25, 0.3) is 11.5 Å². The van der Waals surface area contributed by atoms with E-state index < -0.39 is 11.5 Å². The molecule has 3 rings (SSSR count). The molecular formula is C23H23N3O3. The Morgan fingerprint density at radius 2 is 1.76 bits per heavy atom. The molecule has 0 unspecified atom stereocenters. The molecule has 29 heavy (non-hydrogen) atoms. The number of rotatable bonds is 8. The molecule has 0 fully saturated rings. The van der Waals surface area contributed by atoms with Crippen LogP contribution in [0.15, 0.2) is 71.9 Å².